The Morgan fingerprint density at radius 1 is 1.36 bits per heavy atom. The van der Waals surface area contributed by atoms with Crippen LogP contribution in [0.15, 0.2) is 24.3 Å². The first-order chi connectivity index (χ1) is 6.70. The molecule has 2 nitrogen and oxygen atoms in total. The predicted octanol–water partition coefficient (Wildman–Crippen LogP) is 3.39. The molecule has 0 saturated carbocycles. The second-order valence-corrected chi connectivity index (χ2v) is 3.81. The van der Waals surface area contributed by atoms with Crippen molar-refractivity contribution in [2.45, 2.75) is 26.2 Å². The fourth-order valence-electron chi connectivity index (χ4n) is 1.63. The minimum Gasteiger partial charge on any atom is -0.508 e. The van der Waals surface area contributed by atoms with Crippen LogP contribution in [0.5, 0.6) is 5.75 Å². The van der Waals surface area contributed by atoms with E-state index in [1.807, 2.05) is 6.07 Å². The van der Waals surface area contributed by atoms with Crippen LogP contribution in [-0.4, -0.2) is 10.1 Å². The van der Waals surface area contributed by atoms with E-state index >= 15 is 0 Å². The van der Waals surface area contributed by atoms with Gasteiger partial charge in [-0.25, -0.2) is 0 Å². The van der Waals surface area contributed by atoms with Crippen molar-refractivity contribution in [2.24, 2.45) is 0 Å². The number of H-pyrrole nitrogens is 1. The van der Waals surface area contributed by atoms with Crippen LogP contribution in [0.2, 0.25) is 0 Å². The highest BCUT2D eigenvalue weighted by molar-refractivity contribution is 5.81. The molecule has 0 aliphatic heterocycles. The highest BCUT2D eigenvalue weighted by Gasteiger charge is 2.06. The molecule has 1 aromatic carbocycles. The van der Waals surface area contributed by atoms with E-state index in [2.05, 4.69) is 24.9 Å². The van der Waals surface area contributed by atoms with Crippen LogP contribution in [0, 0.1) is 0 Å². The summed E-state index contributed by atoms with van der Waals surface area (Å²) >= 11 is 0. The standard InChI is InChI=1S/C12H15NO/c1-3-8(2)12-7-9-6-10(14)4-5-11(9)13-12/h4-8,13-14H,3H2,1-2H3. The Labute approximate surface area is 83.6 Å². The van der Waals surface area contributed by atoms with E-state index in [-0.39, 0.29) is 0 Å². The zero-order chi connectivity index (χ0) is 10.1. The first-order valence-electron chi connectivity index (χ1n) is 5.02. The van der Waals surface area contributed by atoms with Crippen molar-refractivity contribution >= 4 is 10.9 Å². The number of benzene rings is 1. The summed E-state index contributed by atoms with van der Waals surface area (Å²) in [6.45, 7) is 4.37. The molecule has 14 heavy (non-hydrogen) atoms. The van der Waals surface area contributed by atoms with Gasteiger partial charge in [-0.15, -0.1) is 0 Å². The Hall–Kier alpha value is -1.44. The summed E-state index contributed by atoms with van der Waals surface area (Å²) in [6, 6.07) is 7.52. The predicted molar refractivity (Wildman–Crippen MR) is 58.7 cm³/mol. The number of hydrogen-bond donors (Lipinski definition) is 2. The number of fused-ring (bicyclic) bond motifs is 1. The van der Waals surface area contributed by atoms with Crippen molar-refractivity contribution in [2.75, 3.05) is 0 Å². The van der Waals surface area contributed by atoms with Crippen molar-refractivity contribution < 1.29 is 5.11 Å². The zero-order valence-electron chi connectivity index (χ0n) is 8.54. The Morgan fingerprint density at radius 3 is 2.86 bits per heavy atom. The van der Waals surface area contributed by atoms with Gasteiger partial charge in [-0.1, -0.05) is 13.8 Å². The molecule has 0 radical (unpaired) electrons. The van der Waals surface area contributed by atoms with Gasteiger partial charge >= 0.3 is 0 Å². The van der Waals surface area contributed by atoms with E-state index in [1.54, 1.807) is 12.1 Å². The number of phenols is 1. The maximum atomic E-state index is 9.32. The molecule has 0 aliphatic carbocycles. The van der Waals surface area contributed by atoms with Crippen molar-refractivity contribution in [3.63, 3.8) is 0 Å². The van der Waals surface area contributed by atoms with Gasteiger partial charge in [-0.3, -0.25) is 0 Å². The monoisotopic (exact) mass is 189 g/mol. The molecule has 2 heteroatoms. The summed E-state index contributed by atoms with van der Waals surface area (Å²) in [7, 11) is 0. The minimum absolute atomic E-state index is 0.326. The molecule has 1 unspecified atom stereocenters. The first-order valence-corrected chi connectivity index (χ1v) is 5.02. The van der Waals surface area contributed by atoms with Crippen molar-refractivity contribution in [1.29, 1.82) is 0 Å². The molecule has 0 amide bonds. The van der Waals surface area contributed by atoms with E-state index in [9.17, 15) is 5.11 Å². The lowest BCUT2D eigenvalue weighted by Crippen LogP contribution is -1.89. The lowest BCUT2D eigenvalue weighted by molar-refractivity contribution is 0.476. The summed E-state index contributed by atoms with van der Waals surface area (Å²) in [4.78, 5) is 3.36. The maximum absolute atomic E-state index is 9.32. The Kier molecular flexibility index (Phi) is 2.20. The SMILES string of the molecule is CCC(C)c1cc2cc(O)ccc2[nH]1. The molecule has 0 saturated heterocycles. The van der Waals surface area contributed by atoms with Crippen molar-refractivity contribution in [3.05, 3.63) is 30.0 Å². The number of phenolic OH excluding ortho intramolecular Hbond substituents is 1. The summed E-state index contributed by atoms with van der Waals surface area (Å²) in [5, 5.41) is 10.4. The van der Waals surface area contributed by atoms with Gasteiger partial charge in [0.15, 0.2) is 0 Å². The fourth-order valence-corrected chi connectivity index (χ4v) is 1.63. The van der Waals surface area contributed by atoms with Crippen LogP contribution < -0.4 is 0 Å². The number of aromatic nitrogens is 1. The van der Waals surface area contributed by atoms with E-state index in [4.69, 9.17) is 0 Å². The van der Waals surface area contributed by atoms with E-state index in [1.165, 1.54) is 5.69 Å². The van der Waals surface area contributed by atoms with Gasteiger partial charge in [0.1, 0.15) is 5.75 Å². The molecular formula is C12H15NO. The Morgan fingerprint density at radius 2 is 2.14 bits per heavy atom. The largest absolute Gasteiger partial charge is 0.508 e. The van der Waals surface area contributed by atoms with Gasteiger partial charge in [0, 0.05) is 16.6 Å². The van der Waals surface area contributed by atoms with Gasteiger partial charge in [-0.2, -0.15) is 0 Å². The van der Waals surface area contributed by atoms with Crippen LogP contribution in [0.3, 0.4) is 0 Å². The van der Waals surface area contributed by atoms with Crippen LogP contribution in [0.4, 0.5) is 0 Å². The van der Waals surface area contributed by atoms with Gasteiger partial charge in [0.2, 0.25) is 0 Å². The average Bonchev–Trinajstić information content (AvgIpc) is 2.59. The summed E-state index contributed by atoms with van der Waals surface area (Å²) < 4.78 is 0. The second-order valence-electron chi connectivity index (χ2n) is 3.81. The lowest BCUT2D eigenvalue weighted by atomic mass is 10.1. The van der Waals surface area contributed by atoms with Crippen molar-refractivity contribution in [3.8, 4) is 5.75 Å². The summed E-state index contributed by atoms with van der Waals surface area (Å²) in [5.41, 5.74) is 2.34. The molecule has 0 fully saturated rings. The van der Waals surface area contributed by atoms with Crippen LogP contribution in [0.1, 0.15) is 31.9 Å². The topological polar surface area (TPSA) is 36.0 Å². The number of aromatic hydroxyl groups is 1. The average molecular weight is 189 g/mol. The smallest absolute Gasteiger partial charge is 0.116 e. The summed E-state index contributed by atoms with van der Waals surface area (Å²) in [5.74, 6) is 0.872. The van der Waals surface area contributed by atoms with Gasteiger partial charge in [0.25, 0.3) is 0 Å². The molecule has 2 N–H and O–H groups in total. The van der Waals surface area contributed by atoms with E-state index in [0.29, 0.717) is 11.7 Å². The fraction of sp³-hybridized carbons (Fsp3) is 0.333. The molecule has 1 aromatic heterocycles. The minimum atomic E-state index is 0.326. The molecular weight excluding hydrogens is 174 g/mol. The highest BCUT2D eigenvalue weighted by Crippen LogP contribution is 2.25. The van der Waals surface area contributed by atoms with Gasteiger partial charge in [-0.05, 0) is 36.6 Å². The number of hydrogen-bond acceptors (Lipinski definition) is 1. The van der Waals surface area contributed by atoms with E-state index < -0.39 is 0 Å². The molecule has 74 valence electrons. The number of rotatable bonds is 2. The third-order valence-electron chi connectivity index (χ3n) is 2.77. The molecule has 0 bridgehead atoms. The van der Waals surface area contributed by atoms with E-state index in [0.717, 1.165) is 17.3 Å². The number of aromatic amines is 1. The first kappa shape index (κ1) is 9.13. The highest BCUT2D eigenvalue weighted by atomic mass is 16.3. The normalized spacial score (nSPS) is 13.3. The second kappa shape index (κ2) is 3.37. The molecule has 1 atom stereocenters. The Bertz CT molecular complexity index is 445. The summed E-state index contributed by atoms with van der Waals surface area (Å²) in [6.07, 6.45) is 1.12. The molecule has 1 heterocycles. The molecule has 0 spiro atoms. The third-order valence-corrected chi connectivity index (χ3v) is 2.77. The maximum Gasteiger partial charge on any atom is 0.116 e. The van der Waals surface area contributed by atoms with Crippen LogP contribution >= 0.6 is 0 Å². The van der Waals surface area contributed by atoms with Gasteiger partial charge < -0.3 is 10.1 Å². The lowest BCUT2D eigenvalue weighted by Gasteiger charge is -2.03. The number of nitrogens with one attached hydrogen (secondary N) is 1. The third kappa shape index (κ3) is 1.48. The van der Waals surface area contributed by atoms with Gasteiger partial charge in [0.05, 0.1) is 0 Å². The quantitative estimate of drug-likeness (QED) is 0.746. The Balaban J connectivity index is 2.51. The van der Waals surface area contributed by atoms with Crippen LogP contribution in [-0.2, 0) is 0 Å². The molecule has 2 aromatic rings. The molecule has 0 aliphatic rings. The van der Waals surface area contributed by atoms with Crippen LogP contribution in [0.25, 0.3) is 10.9 Å². The molecule has 2 rings (SSSR count). The zero-order valence-corrected chi connectivity index (χ0v) is 8.54. The van der Waals surface area contributed by atoms with Crippen molar-refractivity contribution in [1.82, 2.24) is 4.98 Å².